The van der Waals surface area contributed by atoms with Crippen molar-refractivity contribution >= 4 is 16.0 Å². The summed E-state index contributed by atoms with van der Waals surface area (Å²) in [5, 5.41) is 9.02. The molecule has 6 heteroatoms. The first kappa shape index (κ1) is 16.7. The molecule has 1 aromatic carbocycles. The fourth-order valence-electron chi connectivity index (χ4n) is 1.78. The first-order valence-corrected chi connectivity index (χ1v) is 7.85. The number of nitrogens with one attached hydrogen (secondary N) is 1. The third kappa shape index (κ3) is 4.31. The largest absolute Gasteiger partial charge is 0.478 e. The van der Waals surface area contributed by atoms with Crippen molar-refractivity contribution in [2.45, 2.75) is 39.0 Å². The molecule has 0 aromatic heterocycles. The second kappa shape index (κ2) is 5.93. The highest BCUT2D eigenvalue weighted by Gasteiger charge is 2.21. The van der Waals surface area contributed by atoms with Crippen molar-refractivity contribution in [2.24, 2.45) is 5.41 Å². The number of benzene rings is 1. The number of sulfonamides is 1. The van der Waals surface area contributed by atoms with Crippen LogP contribution in [-0.4, -0.2) is 26.0 Å². The van der Waals surface area contributed by atoms with Gasteiger partial charge in [0.2, 0.25) is 10.0 Å². The molecule has 0 bridgehead atoms. The van der Waals surface area contributed by atoms with Crippen molar-refractivity contribution in [3.05, 3.63) is 29.3 Å². The van der Waals surface area contributed by atoms with Crippen molar-refractivity contribution in [1.29, 1.82) is 0 Å². The zero-order chi connectivity index (χ0) is 15.6. The lowest BCUT2D eigenvalue weighted by molar-refractivity contribution is 0.0696. The van der Waals surface area contributed by atoms with Gasteiger partial charge in [-0.05, 0) is 36.5 Å². The molecule has 0 atom stereocenters. The summed E-state index contributed by atoms with van der Waals surface area (Å²) in [7, 11) is -3.68. The maximum atomic E-state index is 12.2. The minimum absolute atomic E-state index is 0.00342. The van der Waals surface area contributed by atoms with Gasteiger partial charge in [0.25, 0.3) is 0 Å². The van der Waals surface area contributed by atoms with Gasteiger partial charge in [0.15, 0.2) is 0 Å². The molecule has 0 saturated heterocycles. The maximum absolute atomic E-state index is 12.2. The number of carboxylic acid groups (broad SMARTS) is 1. The van der Waals surface area contributed by atoms with E-state index in [0.717, 1.165) is 0 Å². The van der Waals surface area contributed by atoms with E-state index in [4.69, 9.17) is 5.11 Å². The molecular formula is C14H21NO4S. The van der Waals surface area contributed by atoms with Gasteiger partial charge in [-0.1, -0.05) is 26.8 Å². The van der Waals surface area contributed by atoms with Crippen LogP contribution in [0.5, 0.6) is 0 Å². The van der Waals surface area contributed by atoms with E-state index in [9.17, 15) is 13.2 Å². The first-order valence-electron chi connectivity index (χ1n) is 6.37. The Morgan fingerprint density at radius 2 is 1.90 bits per heavy atom. The Labute approximate surface area is 120 Å². The number of hydrogen-bond acceptors (Lipinski definition) is 3. The van der Waals surface area contributed by atoms with Gasteiger partial charge in [0.05, 0.1) is 10.5 Å². The third-order valence-electron chi connectivity index (χ3n) is 2.97. The van der Waals surface area contributed by atoms with E-state index < -0.39 is 16.0 Å². The van der Waals surface area contributed by atoms with Gasteiger partial charge in [-0.2, -0.15) is 0 Å². The van der Waals surface area contributed by atoms with Crippen molar-refractivity contribution in [3.8, 4) is 0 Å². The molecule has 0 spiro atoms. The second-order valence-corrected chi connectivity index (χ2v) is 7.68. The highest BCUT2D eigenvalue weighted by molar-refractivity contribution is 7.89. The Morgan fingerprint density at radius 1 is 1.30 bits per heavy atom. The van der Waals surface area contributed by atoms with Gasteiger partial charge in [0.1, 0.15) is 0 Å². The standard InChI is InChI=1S/C14H21NO4S/c1-10-11(13(16)17)6-5-7-12(10)20(18,19)15-9-8-14(2,3)4/h5-7,15H,8-9H2,1-4H3,(H,16,17). The van der Waals surface area contributed by atoms with E-state index in [2.05, 4.69) is 4.72 Å². The van der Waals surface area contributed by atoms with Crippen LogP contribution in [0, 0.1) is 12.3 Å². The average molecular weight is 299 g/mol. The van der Waals surface area contributed by atoms with E-state index in [1.165, 1.54) is 25.1 Å². The van der Waals surface area contributed by atoms with Crippen LogP contribution >= 0.6 is 0 Å². The van der Waals surface area contributed by atoms with E-state index in [-0.39, 0.29) is 21.4 Å². The molecule has 0 fully saturated rings. The summed E-state index contributed by atoms with van der Waals surface area (Å²) in [6.07, 6.45) is 0.698. The normalized spacial score (nSPS) is 12.4. The summed E-state index contributed by atoms with van der Waals surface area (Å²) >= 11 is 0. The number of carbonyl (C=O) groups is 1. The number of rotatable bonds is 5. The molecule has 20 heavy (non-hydrogen) atoms. The predicted octanol–water partition coefficient (Wildman–Crippen LogP) is 2.41. The topological polar surface area (TPSA) is 83.5 Å². The molecule has 2 N–H and O–H groups in total. The van der Waals surface area contributed by atoms with Gasteiger partial charge >= 0.3 is 5.97 Å². The number of hydrogen-bond donors (Lipinski definition) is 2. The summed E-state index contributed by atoms with van der Waals surface area (Å²) in [5.74, 6) is -1.13. The minimum atomic E-state index is -3.68. The van der Waals surface area contributed by atoms with Crippen molar-refractivity contribution < 1.29 is 18.3 Å². The lowest BCUT2D eigenvalue weighted by atomic mass is 9.93. The first-order chi connectivity index (χ1) is 9.04. The van der Waals surface area contributed by atoms with Gasteiger partial charge < -0.3 is 5.11 Å². The molecule has 1 rings (SSSR count). The monoisotopic (exact) mass is 299 g/mol. The molecule has 112 valence electrons. The molecule has 0 saturated carbocycles. The van der Waals surface area contributed by atoms with Crippen LogP contribution in [0.1, 0.15) is 43.1 Å². The summed E-state index contributed by atoms with van der Waals surface area (Å²) in [5.41, 5.74) is 0.285. The molecular weight excluding hydrogens is 278 g/mol. The summed E-state index contributed by atoms with van der Waals surface area (Å²) in [6, 6.07) is 4.25. The number of aromatic carboxylic acids is 1. The summed E-state index contributed by atoms with van der Waals surface area (Å²) in [4.78, 5) is 11.1. The molecule has 0 radical (unpaired) electrons. The highest BCUT2D eigenvalue weighted by atomic mass is 32.2. The van der Waals surface area contributed by atoms with Gasteiger partial charge in [-0.3, -0.25) is 0 Å². The quantitative estimate of drug-likeness (QED) is 0.874. The summed E-state index contributed by atoms with van der Waals surface area (Å²) < 4.78 is 26.9. The molecule has 0 aliphatic rings. The summed E-state index contributed by atoms with van der Waals surface area (Å²) in [6.45, 7) is 7.90. The molecule has 0 aliphatic carbocycles. The fourth-order valence-corrected chi connectivity index (χ4v) is 3.07. The van der Waals surface area contributed by atoms with Gasteiger partial charge in [-0.15, -0.1) is 0 Å². The van der Waals surface area contributed by atoms with E-state index in [1.807, 2.05) is 20.8 Å². The molecule has 0 amide bonds. The van der Waals surface area contributed by atoms with E-state index >= 15 is 0 Å². The van der Waals surface area contributed by atoms with Crippen LogP contribution < -0.4 is 4.72 Å². The maximum Gasteiger partial charge on any atom is 0.335 e. The SMILES string of the molecule is Cc1c(C(=O)O)cccc1S(=O)(=O)NCCC(C)(C)C. The van der Waals surface area contributed by atoms with E-state index in [1.54, 1.807) is 0 Å². The second-order valence-electron chi connectivity index (χ2n) is 5.94. The lowest BCUT2D eigenvalue weighted by Gasteiger charge is -2.18. The molecule has 0 unspecified atom stereocenters. The van der Waals surface area contributed by atoms with E-state index in [0.29, 0.717) is 13.0 Å². The van der Waals surface area contributed by atoms with Gasteiger partial charge in [-0.25, -0.2) is 17.9 Å². The molecule has 5 nitrogen and oxygen atoms in total. The predicted molar refractivity (Wildman–Crippen MR) is 77.4 cm³/mol. The Morgan fingerprint density at radius 3 is 2.40 bits per heavy atom. The zero-order valence-corrected chi connectivity index (χ0v) is 13.0. The van der Waals surface area contributed by atoms with Crippen LogP contribution in [0.3, 0.4) is 0 Å². The fraction of sp³-hybridized carbons (Fsp3) is 0.500. The van der Waals surface area contributed by atoms with Crippen LogP contribution in [0.25, 0.3) is 0 Å². The molecule has 0 heterocycles. The van der Waals surface area contributed by atoms with Crippen molar-refractivity contribution in [2.75, 3.05) is 6.54 Å². The van der Waals surface area contributed by atoms with Crippen LogP contribution in [0.2, 0.25) is 0 Å². The van der Waals surface area contributed by atoms with Crippen LogP contribution in [-0.2, 0) is 10.0 Å². The Balaban J connectivity index is 2.99. The highest BCUT2D eigenvalue weighted by Crippen LogP contribution is 2.20. The van der Waals surface area contributed by atoms with Crippen molar-refractivity contribution in [1.82, 2.24) is 4.72 Å². The van der Waals surface area contributed by atoms with Crippen LogP contribution in [0.15, 0.2) is 23.1 Å². The lowest BCUT2D eigenvalue weighted by Crippen LogP contribution is -2.28. The van der Waals surface area contributed by atoms with Crippen molar-refractivity contribution in [3.63, 3.8) is 0 Å². The number of carboxylic acids is 1. The zero-order valence-electron chi connectivity index (χ0n) is 12.2. The molecule has 0 aliphatic heterocycles. The Bertz CT molecular complexity index is 600. The van der Waals surface area contributed by atoms with Crippen LogP contribution in [0.4, 0.5) is 0 Å². The third-order valence-corrected chi connectivity index (χ3v) is 4.58. The van der Waals surface area contributed by atoms with Gasteiger partial charge in [0, 0.05) is 6.54 Å². The average Bonchev–Trinajstić information content (AvgIpc) is 2.26. The minimum Gasteiger partial charge on any atom is -0.478 e. The Hall–Kier alpha value is -1.40. The Kier molecular flexibility index (Phi) is 4.94. The molecule has 1 aromatic rings. The smallest absolute Gasteiger partial charge is 0.335 e.